The number of benzene rings is 1. The molecule has 1 aromatic heterocycles. The highest BCUT2D eigenvalue weighted by molar-refractivity contribution is 6.32. The maximum Gasteiger partial charge on any atom is 0.417 e. The highest BCUT2D eigenvalue weighted by Gasteiger charge is 2.32. The third-order valence-corrected chi connectivity index (χ3v) is 3.62. The summed E-state index contributed by atoms with van der Waals surface area (Å²) in [7, 11) is 0. The smallest absolute Gasteiger partial charge is 0.417 e. The second-order valence-corrected chi connectivity index (χ2v) is 5.68. The molecule has 2 rings (SSSR count). The van der Waals surface area contributed by atoms with Crippen LogP contribution in [0.1, 0.15) is 11.1 Å². The van der Waals surface area contributed by atoms with Gasteiger partial charge in [-0.05, 0) is 18.2 Å². The number of anilines is 2. The molecule has 27 heavy (non-hydrogen) atoms. The number of quaternary nitrogens is 1. The molecule has 2 aromatic rings. The van der Waals surface area contributed by atoms with Crippen LogP contribution in [0.25, 0.3) is 0 Å². The molecular formula is C15H14Cl2F6N4. The third-order valence-electron chi connectivity index (χ3n) is 3.33. The lowest BCUT2D eigenvalue weighted by Gasteiger charge is -2.12. The number of pyridine rings is 1. The van der Waals surface area contributed by atoms with E-state index in [-0.39, 0.29) is 42.0 Å². The molecule has 4 nitrogen and oxygen atoms in total. The van der Waals surface area contributed by atoms with Crippen LogP contribution in [0.15, 0.2) is 30.5 Å². The van der Waals surface area contributed by atoms with Gasteiger partial charge in [0.25, 0.3) is 0 Å². The SMILES string of the molecule is [Cl-].[NH3+]c1cc(C(F)(F)F)ccc1NCCNc1ncc(C(F)(F)F)cc1Cl. The second-order valence-electron chi connectivity index (χ2n) is 5.28. The number of aromatic nitrogens is 1. The van der Waals surface area contributed by atoms with Crippen molar-refractivity contribution in [1.29, 1.82) is 0 Å². The van der Waals surface area contributed by atoms with Crippen molar-refractivity contribution in [2.24, 2.45) is 0 Å². The summed E-state index contributed by atoms with van der Waals surface area (Å²) >= 11 is 5.75. The first kappa shape index (κ1) is 23.1. The Morgan fingerprint density at radius 1 is 0.926 bits per heavy atom. The summed E-state index contributed by atoms with van der Waals surface area (Å²) in [4.78, 5) is 3.62. The van der Waals surface area contributed by atoms with Crippen LogP contribution in [0.5, 0.6) is 0 Å². The molecule has 0 atom stereocenters. The van der Waals surface area contributed by atoms with E-state index in [1.807, 2.05) is 0 Å². The van der Waals surface area contributed by atoms with Gasteiger partial charge in [0.15, 0.2) is 5.69 Å². The lowest BCUT2D eigenvalue weighted by Crippen LogP contribution is -3.00. The van der Waals surface area contributed by atoms with Gasteiger partial charge in [-0.1, -0.05) is 11.6 Å². The zero-order chi connectivity index (χ0) is 19.5. The van der Waals surface area contributed by atoms with Gasteiger partial charge in [-0.15, -0.1) is 0 Å². The van der Waals surface area contributed by atoms with Gasteiger partial charge in [0.2, 0.25) is 0 Å². The molecule has 0 aliphatic rings. The Hall–Kier alpha value is -1.91. The largest absolute Gasteiger partial charge is 1.00 e. The van der Waals surface area contributed by atoms with Crippen molar-refractivity contribution in [3.8, 4) is 0 Å². The highest BCUT2D eigenvalue weighted by Crippen LogP contribution is 2.33. The van der Waals surface area contributed by atoms with Gasteiger partial charge >= 0.3 is 12.4 Å². The molecule has 0 bridgehead atoms. The zero-order valence-corrected chi connectivity index (χ0v) is 15.0. The van der Waals surface area contributed by atoms with Crippen molar-refractivity contribution < 1.29 is 44.5 Å². The molecule has 150 valence electrons. The number of nitrogens with zero attached hydrogens (tertiary/aromatic N) is 1. The van der Waals surface area contributed by atoms with E-state index in [0.29, 0.717) is 11.9 Å². The fourth-order valence-electron chi connectivity index (χ4n) is 2.04. The van der Waals surface area contributed by atoms with Gasteiger partial charge in [-0.3, -0.25) is 0 Å². The predicted molar refractivity (Wildman–Crippen MR) is 85.2 cm³/mol. The number of hydrogen-bond donors (Lipinski definition) is 3. The molecule has 5 N–H and O–H groups in total. The Labute approximate surface area is 161 Å². The Morgan fingerprint density at radius 2 is 1.52 bits per heavy atom. The van der Waals surface area contributed by atoms with E-state index < -0.39 is 23.5 Å². The van der Waals surface area contributed by atoms with Gasteiger partial charge in [-0.25, -0.2) is 4.98 Å². The quantitative estimate of drug-likeness (QED) is 0.489. The van der Waals surface area contributed by atoms with Gasteiger partial charge in [0.1, 0.15) is 5.82 Å². The summed E-state index contributed by atoms with van der Waals surface area (Å²) in [6.45, 7) is 0.478. The first-order valence-corrected chi connectivity index (χ1v) is 7.60. The third kappa shape index (κ3) is 6.33. The minimum atomic E-state index is -4.54. The van der Waals surface area contributed by atoms with Crippen LogP contribution in [0, 0.1) is 0 Å². The maximum absolute atomic E-state index is 12.6. The van der Waals surface area contributed by atoms with Crippen LogP contribution >= 0.6 is 11.6 Å². The van der Waals surface area contributed by atoms with Crippen LogP contribution in [0.4, 0.5) is 43.5 Å². The molecule has 0 aliphatic carbocycles. The lowest BCUT2D eigenvalue weighted by atomic mass is 10.1. The summed E-state index contributed by atoms with van der Waals surface area (Å²) in [6, 6.07) is 3.87. The fourth-order valence-corrected chi connectivity index (χ4v) is 2.28. The maximum atomic E-state index is 12.6. The average Bonchev–Trinajstić information content (AvgIpc) is 2.52. The summed E-state index contributed by atoms with van der Waals surface area (Å²) < 4.78 is 75.3. The summed E-state index contributed by atoms with van der Waals surface area (Å²) in [6.07, 6.45) is -8.33. The molecule has 0 spiro atoms. The molecule has 0 unspecified atom stereocenters. The fraction of sp³-hybridized carbons (Fsp3) is 0.267. The number of nitrogens with one attached hydrogen (secondary N) is 2. The standard InChI is InChI=1S/C15H13ClF6N4.ClH/c16-10-5-9(15(20,21)22)7-26-13(10)25-4-3-24-12-2-1-8(6-11(12)23)14(17,18)19;/h1-2,5-7,24H,3-4,23H2,(H,25,26);1H. The Kier molecular flexibility index (Phi) is 7.58. The van der Waals surface area contributed by atoms with E-state index in [2.05, 4.69) is 21.4 Å². The van der Waals surface area contributed by atoms with Crippen molar-refractivity contribution in [1.82, 2.24) is 4.98 Å². The van der Waals surface area contributed by atoms with E-state index in [1.165, 1.54) is 6.07 Å². The van der Waals surface area contributed by atoms with E-state index in [1.54, 1.807) is 0 Å². The van der Waals surface area contributed by atoms with Crippen LogP contribution < -0.4 is 28.8 Å². The van der Waals surface area contributed by atoms with Gasteiger partial charge in [0.05, 0.1) is 21.8 Å². The van der Waals surface area contributed by atoms with Crippen LogP contribution in [0.2, 0.25) is 5.02 Å². The van der Waals surface area contributed by atoms with Gasteiger partial charge in [0, 0.05) is 25.4 Å². The molecule has 0 fully saturated rings. The van der Waals surface area contributed by atoms with Crippen LogP contribution in [0.3, 0.4) is 0 Å². The van der Waals surface area contributed by atoms with Crippen LogP contribution in [-0.4, -0.2) is 18.1 Å². The van der Waals surface area contributed by atoms with Crippen molar-refractivity contribution in [3.63, 3.8) is 0 Å². The van der Waals surface area contributed by atoms with E-state index >= 15 is 0 Å². The first-order chi connectivity index (χ1) is 12.0. The van der Waals surface area contributed by atoms with Crippen molar-refractivity contribution in [2.45, 2.75) is 12.4 Å². The van der Waals surface area contributed by atoms with Gasteiger partial charge in [-0.2, -0.15) is 26.3 Å². The van der Waals surface area contributed by atoms with E-state index in [0.717, 1.165) is 18.2 Å². The minimum absolute atomic E-state index is 0. The molecule has 0 radical (unpaired) electrons. The Morgan fingerprint density at radius 3 is 2.04 bits per heavy atom. The molecule has 0 amide bonds. The Bertz CT molecular complexity index is 714. The highest BCUT2D eigenvalue weighted by atomic mass is 35.5. The van der Waals surface area contributed by atoms with Crippen molar-refractivity contribution >= 4 is 28.8 Å². The van der Waals surface area contributed by atoms with Crippen molar-refractivity contribution in [2.75, 3.05) is 23.7 Å². The van der Waals surface area contributed by atoms with E-state index in [4.69, 9.17) is 11.6 Å². The predicted octanol–water partition coefficient (Wildman–Crippen LogP) is 1.17. The monoisotopic (exact) mass is 434 g/mol. The number of alkyl halides is 6. The van der Waals surface area contributed by atoms with Gasteiger partial charge < -0.3 is 28.8 Å². The van der Waals surface area contributed by atoms with Crippen molar-refractivity contribution in [3.05, 3.63) is 46.6 Å². The number of rotatable bonds is 5. The van der Waals surface area contributed by atoms with E-state index in [9.17, 15) is 26.3 Å². The minimum Gasteiger partial charge on any atom is -1.00 e. The first-order valence-electron chi connectivity index (χ1n) is 7.22. The zero-order valence-electron chi connectivity index (χ0n) is 13.5. The molecule has 1 heterocycles. The summed E-state index contributed by atoms with van der Waals surface area (Å²) in [5, 5.41) is 5.43. The molecule has 1 aromatic carbocycles. The summed E-state index contributed by atoms with van der Waals surface area (Å²) in [5.41, 5.74) is 2.38. The summed E-state index contributed by atoms with van der Waals surface area (Å²) in [5.74, 6) is 0.0729. The normalized spacial score (nSPS) is 11.7. The molecule has 0 saturated heterocycles. The number of halogens is 8. The average molecular weight is 435 g/mol. The lowest BCUT2D eigenvalue weighted by molar-refractivity contribution is -0.254. The molecule has 0 saturated carbocycles. The van der Waals surface area contributed by atoms with Crippen LogP contribution in [-0.2, 0) is 12.4 Å². The molecule has 0 aliphatic heterocycles. The molecular weight excluding hydrogens is 421 g/mol. The number of hydrogen-bond acceptors (Lipinski definition) is 3. The Balaban J connectivity index is 0.00000364. The second kappa shape index (κ2) is 8.85. The molecule has 12 heteroatoms. The topological polar surface area (TPSA) is 64.6 Å².